The van der Waals surface area contributed by atoms with Crippen molar-refractivity contribution in [3.05, 3.63) is 67.0 Å². The summed E-state index contributed by atoms with van der Waals surface area (Å²) in [7, 11) is 1.59. The fraction of sp³-hybridized carbons (Fsp3) is 0.208. The fourth-order valence-electron chi connectivity index (χ4n) is 3.09. The van der Waals surface area contributed by atoms with Gasteiger partial charge < -0.3 is 14.8 Å². The molecule has 0 atom stereocenters. The number of nitrogens with zero attached hydrogens (tertiary/aromatic N) is 2. The number of carbonyl (C=O) groups is 1. The number of benzene rings is 2. The first-order valence-corrected chi connectivity index (χ1v) is 10.2. The molecule has 0 aliphatic rings. The largest absolute Gasteiger partial charge is 0.493 e. The van der Waals surface area contributed by atoms with Crippen LogP contribution in [-0.4, -0.2) is 34.8 Å². The molecule has 0 saturated heterocycles. The van der Waals surface area contributed by atoms with Gasteiger partial charge in [-0.3, -0.25) is 10.0 Å². The third-order valence-corrected chi connectivity index (χ3v) is 4.71. The van der Waals surface area contributed by atoms with E-state index in [1.807, 2.05) is 36.4 Å². The van der Waals surface area contributed by atoms with E-state index in [2.05, 4.69) is 21.9 Å². The zero-order chi connectivity index (χ0) is 22.8. The number of allylic oxidation sites excluding steroid dienone is 1. The first kappa shape index (κ1) is 22.8. The SMILES string of the molecule is C=Cc1cccc(Nc2ncnc3cc(OC)c(OCCCC/C=C/C(=O)NO)cc23)c1. The molecule has 0 aliphatic heterocycles. The Kier molecular flexibility index (Phi) is 8.16. The minimum absolute atomic E-state index is 0.486. The van der Waals surface area contributed by atoms with Crippen LogP contribution < -0.4 is 20.3 Å². The molecule has 8 nitrogen and oxygen atoms in total. The van der Waals surface area contributed by atoms with E-state index in [1.165, 1.54) is 12.4 Å². The van der Waals surface area contributed by atoms with E-state index in [1.54, 1.807) is 24.7 Å². The fourth-order valence-corrected chi connectivity index (χ4v) is 3.09. The Morgan fingerprint density at radius 3 is 2.84 bits per heavy atom. The third kappa shape index (κ3) is 6.05. The molecule has 3 aromatic rings. The average molecular weight is 434 g/mol. The van der Waals surface area contributed by atoms with Gasteiger partial charge in [0.15, 0.2) is 11.5 Å². The summed E-state index contributed by atoms with van der Waals surface area (Å²) < 4.78 is 11.4. The van der Waals surface area contributed by atoms with Gasteiger partial charge in [-0.25, -0.2) is 15.4 Å². The van der Waals surface area contributed by atoms with Gasteiger partial charge in [0.1, 0.15) is 12.1 Å². The zero-order valence-electron chi connectivity index (χ0n) is 17.9. The molecule has 1 aromatic heterocycles. The number of hydrogen-bond acceptors (Lipinski definition) is 7. The van der Waals surface area contributed by atoms with Gasteiger partial charge in [-0.2, -0.15) is 0 Å². The van der Waals surface area contributed by atoms with Crippen LogP contribution in [0.3, 0.4) is 0 Å². The van der Waals surface area contributed by atoms with Crippen LogP contribution in [0, 0.1) is 0 Å². The van der Waals surface area contributed by atoms with E-state index in [4.69, 9.17) is 14.7 Å². The van der Waals surface area contributed by atoms with Crippen molar-refractivity contribution in [2.24, 2.45) is 0 Å². The van der Waals surface area contributed by atoms with Crippen molar-refractivity contribution in [3.63, 3.8) is 0 Å². The topological polar surface area (TPSA) is 106 Å². The minimum Gasteiger partial charge on any atom is -0.493 e. The summed E-state index contributed by atoms with van der Waals surface area (Å²) in [6.07, 6.45) is 8.63. The van der Waals surface area contributed by atoms with Crippen molar-refractivity contribution >= 4 is 34.4 Å². The van der Waals surface area contributed by atoms with Gasteiger partial charge in [-0.1, -0.05) is 30.9 Å². The molecule has 3 N–H and O–H groups in total. The molecule has 32 heavy (non-hydrogen) atoms. The minimum atomic E-state index is -0.537. The number of ether oxygens (including phenoxy) is 2. The Balaban J connectivity index is 1.72. The number of carbonyl (C=O) groups excluding carboxylic acids is 1. The highest BCUT2D eigenvalue weighted by molar-refractivity contribution is 5.93. The third-order valence-electron chi connectivity index (χ3n) is 4.71. The molecule has 1 heterocycles. The number of nitrogens with one attached hydrogen (secondary N) is 2. The van der Waals surface area contributed by atoms with Crippen LogP contribution in [0.2, 0.25) is 0 Å². The van der Waals surface area contributed by atoms with E-state index in [9.17, 15) is 4.79 Å². The van der Waals surface area contributed by atoms with E-state index in [0.29, 0.717) is 30.3 Å². The summed E-state index contributed by atoms with van der Waals surface area (Å²) in [5, 5.41) is 12.6. The number of unbranched alkanes of at least 4 members (excludes halogenated alkanes) is 2. The molecule has 1 amide bonds. The van der Waals surface area contributed by atoms with Gasteiger partial charge in [0.25, 0.3) is 5.91 Å². The summed E-state index contributed by atoms with van der Waals surface area (Å²) in [5.41, 5.74) is 4.19. The van der Waals surface area contributed by atoms with Gasteiger partial charge in [-0.05, 0) is 43.0 Å². The number of methoxy groups -OCH3 is 1. The van der Waals surface area contributed by atoms with E-state index in [0.717, 1.165) is 35.0 Å². The number of hydrogen-bond donors (Lipinski definition) is 3. The van der Waals surface area contributed by atoms with Crippen molar-refractivity contribution in [3.8, 4) is 11.5 Å². The Morgan fingerprint density at radius 1 is 1.19 bits per heavy atom. The summed E-state index contributed by atoms with van der Waals surface area (Å²) in [6.45, 7) is 4.29. The van der Waals surface area contributed by atoms with E-state index < -0.39 is 5.91 Å². The number of rotatable bonds is 11. The maximum absolute atomic E-state index is 10.9. The number of hydroxylamine groups is 1. The lowest BCUT2D eigenvalue weighted by Crippen LogP contribution is -2.14. The first-order chi connectivity index (χ1) is 15.6. The lowest BCUT2D eigenvalue weighted by Gasteiger charge is -2.14. The van der Waals surface area contributed by atoms with E-state index >= 15 is 0 Å². The van der Waals surface area contributed by atoms with Crippen LogP contribution in [0.5, 0.6) is 11.5 Å². The molecule has 0 bridgehead atoms. The second-order valence-electron chi connectivity index (χ2n) is 6.92. The van der Waals surface area contributed by atoms with Gasteiger partial charge in [0.05, 0.1) is 19.2 Å². The van der Waals surface area contributed by atoms with Crippen LogP contribution >= 0.6 is 0 Å². The van der Waals surface area contributed by atoms with Crippen LogP contribution in [0.25, 0.3) is 17.0 Å². The Morgan fingerprint density at radius 2 is 2.06 bits per heavy atom. The standard InChI is InChI=1S/C24H26N4O4/c1-3-17-9-8-10-18(13-17)27-24-19-14-22(21(31-2)15-20(19)25-16-26-24)32-12-7-5-4-6-11-23(29)28-30/h3,6,8-11,13-16,30H,1,4-5,7,12H2,2H3,(H,28,29)(H,25,26,27)/b11-6+. The maximum Gasteiger partial charge on any atom is 0.267 e. The Hall–Kier alpha value is -3.91. The highest BCUT2D eigenvalue weighted by Crippen LogP contribution is 2.35. The van der Waals surface area contributed by atoms with Crippen LogP contribution in [0.4, 0.5) is 11.5 Å². The van der Waals surface area contributed by atoms with Gasteiger partial charge in [0, 0.05) is 23.2 Å². The van der Waals surface area contributed by atoms with Crippen molar-refractivity contribution in [2.75, 3.05) is 19.0 Å². The summed E-state index contributed by atoms with van der Waals surface area (Å²) in [6, 6.07) is 11.6. The number of amides is 1. The lowest BCUT2D eigenvalue weighted by molar-refractivity contribution is -0.124. The lowest BCUT2D eigenvalue weighted by atomic mass is 10.1. The Bertz CT molecular complexity index is 1110. The molecule has 0 saturated carbocycles. The van der Waals surface area contributed by atoms with Crippen molar-refractivity contribution in [1.82, 2.24) is 15.4 Å². The summed E-state index contributed by atoms with van der Waals surface area (Å²) >= 11 is 0. The van der Waals surface area contributed by atoms with Gasteiger partial charge in [0.2, 0.25) is 0 Å². The van der Waals surface area contributed by atoms with Crippen molar-refractivity contribution < 1.29 is 19.5 Å². The molecule has 0 fully saturated rings. The smallest absolute Gasteiger partial charge is 0.267 e. The van der Waals surface area contributed by atoms with Crippen LogP contribution in [0.15, 0.2) is 61.5 Å². The zero-order valence-corrected chi connectivity index (χ0v) is 17.9. The second-order valence-corrected chi connectivity index (χ2v) is 6.92. The van der Waals surface area contributed by atoms with Gasteiger partial charge >= 0.3 is 0 Å². The monoisotopic (exact) mass is 434 g/mol. The molecule has 166 valence electrons. The first-order valence-electron chi connectivity index (χ1n) is 10.2. The van der Waals surface area contributed by atoms with E-state index in [-0.39, 0.29) is 0 Å². The highest BCUT2D eigenvalue weighted by Gasteiger charge is 2.12. The molecular formula is C24H26N4O4. The number of fused-ring (bicyclic) bond motifs is 1. The normalized spacial score (nSPS) is 10.8. The molecule has 0 spiro atoms. The van der Waals surface area contributed by atoms with Crippen LogP contribution in [0.1, 0.15) is 24.8 Å². The predicted octanol–water partition coefficient (Wildman–Crippen LogP) is 4.64. The van der Waals surface area contributed by atoms with Crippen molar-refractivity contribution in [1.29, 1.82) is 0 Å². The predicted molar refractivity (Wildman–Crippen MR) is 124 cm³/mol. The quantitative estimate of drug-likeness (QED) is 0.175. The molecule has 3 rings (SSSR count). The summed E-state index contributed by atoms with van der Waals surface area (Å²) in [5.74, 6) is 1.32. The second kappa shape index (κ2) is 11.5. The Labute approximate surface area is 186 Å². The van der Waals surface area contributed by atoms with Crippen LogP contribution in [-0.2, 0) is 4.79 Å². The van der Waals surface area contributed by atoms with Gasteiger partial charge in [-0.15, -0.1) is 0 Å². The molecule has 0 aliphatic carbocycles. The number of aromatic nitrogens is 2. The molecule has 8 heteroatoms. The molecule has 2 aromatic carbocycles. The maximum atomic E-state index is 10.9. The average Bonchev–Trinajstić information content (AvgIpc) is 2.83. The summed E-state index contributed by atoms with van der Waals surface area (Å²) in [4.78, 5) is 19.7. The molecule has 0 radical (unpaired) electrons. The number of anilines is 2. The molecule has 0 unspecified atom stereocenters. The van der Waals surface area contributed by atoms with Crippen molar-refractivity contribution in [2.45, 2.75) is 19.3 Å². The molecular weight excluding hydrogens is 408 g/mol. The highest BCUT2D eigenvalue weighted by atomic mass is 16.5.